The molecule has 2 unspecified atom stereocenters. The van der Waals surface area contributed by atoms with Crippen molar-refractivity contribution in [3.8, 4) is 0 Å². The van der Waals surface area contributed by atoms with Gasteiger partial charge >= 0.3 is 0 Å². The molecule has 2 atom stereocenters. The number of alkyl halides is 2. The first-order valence-corrected chi connectivity index (χ1v) is 7.74. The normalized spacial score (nSPS) is 21.5. The van der Waals surface area contributed by atoms with E-state index < -0.39 is 17.4 Å². The molecule has 0 saturated heterocycles. The van der Waals surface area contributed by atoms with Crippen LogP contribution in [0.25, 0.3) is 16.5 Å². The second-order valence-electron chi connectivity index (χ2n) is 4.79. The zero-order valence-corrected chi connectivity index (χ0v) is 13.8. The van der Waals surface area contributed by atoms with Crippen LogP contribution in [0.15, 0.2) is 40.9 Å². The molecule has 0 amide bonds. The van der Waals surface area contributed by atoms with Crippen molar-refractivity contribution in [2.45, 2.75) is 11.5 Å². The molecule has 0 saturated carbocycles. The van der Waals surface area contributed by atoms with Crippen LogP contribution in [-0.2, 0) is 0 Å². The Balaban J connectivity index is 2.30. The molecule has 1 heterocycles. The van der Waals surface area contributed by atoms with Gasteiger partial charge in [0.25, 0.3) is 0 Å². The van der Waals surface area contributed by atoms with Gasteiger partial charge in [0.05, 0.1) is 5.52 Å². The van der Waals surface area contributed by atoms with Crippen LogP contribution in [0, 0.1) is 0 Å². The van der Waals surface area contributed by atoms with Crippen LogP contribution in [-0.4, -0.2) is 28.6 Å². The van der Waals surface area contributed by atoms with Crippen LogP contribution in [0.3, 0.4) is 0 Å². The average molecular weight is 387 g/mol. The quantitative estimate of drug-likeness (QED) is 0.765. The van der Waals surface area contributed by atoms with E-state index in [9.17, 15) is 8.78 Å². The summed E-state index contributed by atoms with van der Waals surface area (Å²) in [7, 11) is 1.74. The van der Waals surface area contributed by atoms with E-state index in [4.69, 9.17) is 11.6 Å². The number of hydrogen-bond acceptors (Lipinski definition) is 3. The Kier molecular flexibility index (Phi) is 4.14. The van der Waals surface area contributed by atoms with Crippen molar-refractivity contribution in [1.82, 2.24) is 9.97 Å². The lowest BCUT2D eigenvalue weighted by Crippen LogP contribution is -2.18. The zero-order valence-electron chi connectivity index (χ0n) is 11.4. The maximum atomic E-state index is 14.4. The molecule has 0 aliphatic heterocycles. The topological polar surface area (TPSA) is 37.8 Å². The zero-order chi connectivity index (χ0) is 15.9. The van der Waals surface area contributed by atoms with Crippen LogP contribution >= 0.6 is 27.5 Å². The highest BCUT2D eigenvalue weighted by Crippen LogP contribution is 2.37. The van der Waals surface area contributed by atoms with Crippen LogP contribution < -0.4 is 5.32 Å². The van der Waals surface area contributed by atoms with Crippen molar-refractivity contribution in [3.63, 3.8) is 0 Å². The summed E-state index contributed by atoms with van der Waals surface area (Å²) in [4.78, 5) is 8.38. The van der Waals surface area contributed by atoms with Gasteiger partial charge < -0.3 is 5.32 Å². The van der Waals surface area contributed by atoms with Crippen molar-refractivity contribution < 1.29 is 8.78 Å². The summed E-state index contributed by atoms with van der Waals surface area (Å²) in [6, 6.07) is 3.57. The summed E-state index contributed by atoms with van der Waals surface area (Å²) in [5.74, 6) is -0.0696. The number of benzene rings is 1. The highest BCUT2D eigenvalue weighted by Gasteiger charge is 2.28. The number of halogens is 4. The molecule has 3 nitrogen and oxygen atoms in total. The summed E-state index contributed by atoms with van der Waals surface area (Å²) in [6.07, 6.45) is 2.52. The number of aromatic nitrogens is 2. The maximum Gasteiger partial charge on any atom is 0.141 e. The monoisotopic (exact) mass is 385 g/mol. The van der Waals surface area contributed by atoms with Gasteiger partial charge in [0.1, 0.15) is 29.5 Å². The third-order valence-electron chi connectivity index (χ3n) is 3.46. The number of allylic oxidation sites excluding steroid dienone is 4. The fourth-order valence-corrected chi connectivity index (χ4v) is 3.07. The smallest absolute Gasteiger partial charge is 0.141 e. The fraction of sp³-hybridized carbons (Fsp3) is 0.200. The predicted octanol–water partition coefficient (Wildman–Crippen LogP) is 4.63. The van der Waals surface area contributed by atoms with E-state index in [1.165, 1.54) is 18.5 Å². The molecule has 1 N–H and O–H groups in total. The lowest BCUT2D eigenvalue weighted by molar-refractivity contribution is 0.376. The summed E-state index contributed by atoms with van der Waals surface area (Å²) >= 11 is 9.20. The number of fused-ring (bicyclic) bond motifs is 1. The molecule has 0 spiro atoms. The van der Waals surface area contributed by atoms with E-state index in [0.717, 1.165) is 9.86 Å². The molecule has 0 radical (unpaired) electrons. The molecule has 1 aliphatic rings. The minimum absolute atomic E-state index is 0.237. The Morgan fingerprint density at radius 3 is 2.82 bits per heavy atom. The van der Waals surface area contributed by atoms with Crippen LogP contribution in [0.4, 0.5) is 14.6 Å². The number of rotatable bonds is 2. The van der Waals surface area contributed by atoms with Gasteiger partial charge in [-0.25, -0.2) is 18.7 Å². The van der Waals surface area contributed by atoms with Crippen LogP contribution in [0.5, 0.6) is 0 Å². The minimum Gasteiger partial charge on any atom is -0.373 e. The molecule has 2 aromatic rings. The summed E-state index contributed by atoms with van der Waals surface area (Å²) < 4.78 is 28.6. The molecule has 3 rings (SSSR count). The van der Waals surface area contributed by atoms with E-state index in [1.54, 1.807) is 13.1 Å². The second kappa shape index (κ2) is 5.93. The molecule has 114 valence electrons. The largest absolute Gasteiger partial charge is 0.373 e. The van der Waals surface area contributed by atoms with Gasteiger partial charge in [-0.2, -0.15) is 0 Å². The lowest BCUT2D eigenvalue weighted by atomic mass is 9.95. The van der Waals surface area contributed by atoms with Gasteiger partial charge in [-0.05, 0) is 18.2 Å². The van der Waals surface area contributed by atoms with E-state index in [-0.39, 0.29) is 5.57 Å². The van der Waals surface area contributed by atoms with Crippen LogP contribution in [0.2, 0.25) is 0 Å². The van der Waals surface area contributed by atoms with Gasteiger partial charge in [-0.1, -0.05) is 22.0 Å². The minimum atomic E-state index is -1.54. The number of nitrogens with one attached hydrogen (secondary N) is 1. The van der Waals surface area contributed by atoms with Crippen molar-refractivity contribution in [2.24, 2.45) is 0 Å². The van der Waals surface area contributed by atoms with E-state index in [1.807, 2.05) is 6.07 Å². The first-order chi connectivity index (χ1) is 10.5. The first kappa shape index (κ1) is 15.4. The standard InChI is InChI=1S/C15H11BrClF2N3/c1-20-15-10-5-7(16)4-9(14(10)21-6-22-15)8-2-3-11(18)12(17)13(8)19/h2-6,11-12H,1H3,(H,20,21,22). The lowest BCUT2D eigenvalue weighted by Gasteiger charge is -2.19. The molecule has 1 aliphatic carbocycles. The van der Waals surface area contributed by atoms with E-state index in [2.05, 4.69) is 31.2 Å². The summed E-state index contributed by atoms with van der Waals surface area (Å²) in [6.45, 7) is 0. The summed E-state index contributed by atoms with van der Waals surface area (Å²) in [5.41, 5.74) is 1.34. The Bertz CT molecular complexity index is 807. The molecule has 7 heteroatoms. The van der Waals surface area contributed by atoms with E-state index >= 15 is 0 Å². The number of anilines is 1. The van der Waals surface area contributed by atoms with Gasteiger partial charge in [-0.15, -0.1) is 11.6 Å². The Hall–Kier alpha value is -1.53. The van der Waals surface area contributed by atoms with Crippen molar-refractivity contribution in [3.05, 3.63) is 46.5 Å². The first-order valence-electron chi connectivity index (χ1n) is 6.51. The molecule has 1 aromatic carbocycles. The number of nitrogens with zero attached hydrogens (tertiary/aromatic N) is 2. The van der Waals surface area contributed by atoms with Crippen molar-refractivity contribution >= 4 is 49.8 Å². The molecular formula is C15H11BrClF2N3. The van der Waals surface area contributed by atoms with Gasteiger partial charge in [-0.3, -0.25) is 0 Å². The highest BCUT2D eigenvalue weighted by molar-refractivity contribution is 9.10. The number of hydrogen-bond donors (Lipinski definition) is 1. The molecule has 0 bridgehead atoms. The summed E-state index contributed by atoms with van der Waals surface area (Å²) in [5, 5.41) is 2.38. The molecule has 0 fully saturated rings. The Morgan fingerprint density at radius 2 is 2.09 bits per heavy atom. The maximum absolute atomic E-state index is 14.4. The molecule has 22 heavy (non-hydrogen) atoms. The SMILES string of the molecule is CNc1ncnc2c(C3=C(F)C(Cl)C(F)C=C3)cc(Br)cc12. The van der Waals surface area contributed by atoms with Gasteiger partial charge in [0.2, 0.25) is 0 Å². The van der Waals surface area contributed by atoms with Crippen molar-refractivity contribution in [2.75, 3.05) is 12.4 Å². The Labute approximate surface area is 139 Å². The van der Waals surface area contributed by atoms with Crippen LogP contribution in [0.1, 0.15) is 5.56 Å². The fourth-order valence-electron chi connectivity index (χ4n) is 2.41. The Morgan fingerprint density at radius 1 is 1.32 bits per heavy atom. The molecular weight excluding hydrogens is 376 g/mol. The average Bonchev–Trinajstić information content (AvgIpc) is 2.51. The third kappa shape index (κ3) is 2.50. The van der Waals surface area contributed by atoms with Gasteiger partial charge in [0.15, 0.2) is 0 Å². The van der Waals surface area contributed by atoms with E-state index in [0.29, 0.717) is 16.9 Å². The molecule has 1 aromatic heterocycles. The van der Waals surface area contributed by atoms with Crippen molar-refractivity contribution in [1.29, 1.82) is 0 Å². The highest BCUT2D eigenvalue weighted by atomic mass is 79.9. The van der Waals surface area contributed by atoms with Gasteiger partial charge in [0, 0.05) is 28.0 Å². The second-order valence-corrected chi connectivity index (χ2v) is 6.17. The third-order valence-corrected chi connectivity index (χ3v) is 4.35. The predicted molar refractivity (Wildman–Crippen MR) is 88.5 cm³/mol.